The summed E-state index contributed by atoms with van der Waals surface area (Å²) in [5.74, 6) is 1.61. The van der Waals surface area contributed by atoms with Crippen LogP contribution in [0.15, 0.2) is 6.20 Å². The smallest absolute Gasteiger partial charge is 0.182 e. The standard InChI is InChI=1S/C10H12N2O2/c1-6(13)9-8(14-2)5-11-10(12-9)7-3-4-7/h5,7H,3-4H2,1-2H3. The van der Waals surface area contributed by atoms with Gasteiger partial charge in [-0.25, -0.2) is 9.97 Å². The van der Waals surface area contributed by atoms with Crippen LogP contribution >= 0.6 is 0 Å². The molecule has 14 heavy (non-hydrogen) atoms. The molecule has 1 heterocycles. The average molecular weight is 192 g/mol. The Labute approximate surface area is 82.3 Å². The van der Waals surface area contributed by atoms with Gasteiger partial charge in [-0.2, -0.15) is 0 Å². The molecule has 0 bridgehead atoms. The molecular formula is C10H12N2O2. The largest absolute Gasteiger partial charge is 0.493 e. The normalized spacial score (nSPS) is 15.3. The highest BCUT2D eigenvalue weighted by atomic mass is 16.5. The number of hydrogen-bond donors (Lipinski definition) is 0. The molecule has 1 aliphatic rings. The van der Waals surface area contributed by atoms with Crippen LogP contribution in [-0.4, -0.2) is 22.9 Å². The van der Waals surface area contributed by atoms with Crippen LogP contribution in [0.3, 0.4) is 0 Å². The lowest BCUT2D eigenvalue weighted by molar-refractivity contribution is 0.100. The second-order valence-electron chi connectivity index (χ2n) is 3.48. The van der Waals surface area contributed by atoms with Crippen LogP contribution in [0.4, 0.5) is 0 Å². The van der Waals surface area contributed by atoms with Gasteiger partial charge in [0.2, 0.25) is 0 Å². The quantitative estimate of drug-likeness (QED) is 0.682. The number of ether oxygens (including phenoxy) is 1. The summed E-state index contributed by atoms with van der Waals surface area (Å²) in [5.41, 5.74) is 0.393. The fourth-order valence-corrected chi connectivity index (χ4v) is 1.32. The van der Waals surface area contributed by atoms with Crippen molar-refractivity contribution < 1.29 is 9.53 Å². The first-order valence-corrected chi connectivity index (χ1v) is 4.64. The summed E-state index contributed by atoms with van der Waals surface area (Å²) >= 11 is 0. The maximum Gasteiger partial charge on any atom is 0.182 e. The lowest BCUT2D eigenvalue weighted by Crippen LogP contribution is -2.05. The Hall–Kier alpha value is -1.45. The highest BCUT2D eigenvalue weighted by Crippen LogP contribution is 2.38. The van der Waals surface area contributed by atoms with Crippen molar-refractivity contribution in [3.05, 3.63) is 17.7 Å². The van der Waals surface area contributed by atoms with Crippen molar-refractivity contribution in [2.24, 2.45) is 0 Å². The molecular weight excluding hydrogens is 180 g/mol. The van der Waals surface area contributed by atoms with Gasteiger partial charge in [-0.15, -0.1) is 0 Å². The highest BCUT2D eigenvalue weighted by Gasteiger charge is 2.27. The zero-order chi connectivity index (χ0) is 10.1. The van der Waals surface area contributed by atoms with Crippen molar-refractivity contribution in [1.29, 1.82) is 0 Å². The molecule has 0 amide bonds. The second-order valence-corrected chi connectivity index (χ2v) is 3.48. The predicted octanol–water partition coefficient (Wildman–Crippen LogP) is 1.57. The maximum atomic E-state index is 11.3. The van der Waals surface area contributed by atoms with E-state index in [-0.39, 0.29) is 5.78 Å². The van der Waals surface area contributed by atoms with E-state index in [9.17, 15) is 4.79 Å². The minimum absolute atomic E-state index is 0.0776. The van der Waals surface area contributed by atoms with Gasteiger partial charge in [-0.05, 0) is 12.8 Å². The maximum absolute atomic E-state index is 11.3. The molecule has 2 rings (SSSR count). The van der Waals surface area contributed by atoms with Crippen LogP contribution in [0.1, 0.15) is 42.0 Å². The van der Waals surface area contributed by atoms with Gasteiger partial charge in [0.25, 0.3) is 0 Å². The zero-order valence-electron chi connectivity index (χ0n) is 8.28. The van der Waals surface area contributed by atoms with Gasteiger partial charge in [0.1, 0.15) is 5.82 Å². The summed E-state index contributed by atoms with van der Waals surface area (Å²) in [6, 6.07) is 0. The molecule has 0 aromatic carbocycles. The van der Waals surface area contributed by atoms with Crippen molar-refractivity contribution in [3.8, 4) is 5.75 Å². The van der Waals surface area contributed by atoms with Crippen LogP contribution in [0.25, 0.3) is 0 Å². The van der Waals surface area contributed by atoms with Gasteiger partial charge in [-0.3, -0.25) is 4.79 Å². The van der Waals surface area contributed by atoms with Gasteiger partial charge >= 0.3 is 0 Å². The summed E-state index contributed by atoms with van der Waals surface area (Å²) in [6.07, 6.45) is 3.84. The Kier molecular flexibility index (Phi) is 2.19. The summed E-state index contributed by atoms with van der Waals surface area (Å²) in [4.78, 5) is 19.6. The first kappa shape index (κ1) is 9.12. The van der Waals surface area contributed by atoms with E-state index in [1.165, 1.54) is 14.0 Å². The lowest BCUT2D eigenvalue weighted by Gasteiger charge is -2.05. The second kappa shape index (κ2) is 3.36. The fourth-order valence-electron chi connectivity index (χ4n) is 1.32. The third-order valence-corrected chi connectivity index (χ3v) is 2.27. The van der Waals surface area contributed by atoms with Crippen LogP contribution in [0.5, 0.6) is 5.75 Å². The zero-order valence-corrected chi connectivity index (χ0v) is 8.28. The number of hydrogen-bond acceptors (Lipinski definition) is 4. The molecule has 4 nitrogen and oxygen atoms in total. The monoisotopic (exact) mass is 192 g/mol. The number of Topliss-reactive ketones (excluding diaryl/α,β-unsaturated/α-hetero) is 1. The van der Waals surface area contributed by atoms with E-state index < -0.39 is 0 Å². The summed E-state index contributed by atoms with van der Waals surface area (Å²) in [7, 11) is 1.52. The van der Waals surface area contributed by atoms with E-state index in [1.807, 2.05) is 0 Å². The van der Waals surface area contributed by atoms with Gasteiger partial charge in [0.05, 0.1) is 13.3 Å². The fraction of sp³-hybridized carbons (Fsp3) is 0.500. The SMILES string of the molecule is COc1cnc(C2CC2)nc1C(C)=O. The summed E-state index contributed by atoms with van der Waals surface area (Å²) in [5, 5.41) is 0. The Morgan fingerprint density at radius 2 is 2.29 bits per heavy atom. The molecule has 1 aromatic rings. The number of nitrogens with zero attached hydrogens (tertiary/aromatic N) is 2. The van der Waals surface area contributed by atoms with E-state index in [1.54, 1.807) is 6.20 Å². The first-order valence-electron chi connectivity index (χ1n) is 4.64. The topological polar surface area (TPSA) is 52.1 Å². The highest BCUT2D eigenvalue weighted by molar-refractivity contribution is 5.94. The van der Waals surface area contributed by atoms with Crippen LogP contribution < -0.4 is 4.74 Å². The number of ketones is 1. The predicted molar refractivity (Wildman–Crippen MR) is 50.6 cm³/mol. The third kappa shape index (κ3) is 1.60. The number of rotatable bonds is 3. The molecule has 1 aromatic heterocycles. The number of carbonyl (C=O) groups excluding carboxylic acids is 1. The first-order chi connectivity index (χ1) is 6.72. The Balaban J connectivity index is 2.40. The van der Waals surface area contributed by atoms with E-state index in [0.717, 1.165) is 18.7 Å². The van der Waals surface area contributed by atoms with Crippen molar-refractivity contribution in [2.45, 2.75) is 25.7 Å². The van der Waals surface area contributed by atoms with E-state index in [4.69, 9.17) is 4.74 Å². The molecule has 0 unspecified atom stereocenters. The van der Waals surface area contributed by atoms with Crippen LogP contribution in [-0.2, 0) is 0 Å². The van der Waals surface area contributed by atoms with Crippen molar-refractivity contribution in [2.75, 3.05) is 7.11 Å². The summed E-state index contributed by atoms with van der Waals surface area (Å²) < 4.78 is 5.02. The molecule has 0 aliphatic heterocycles. The minimum Gasteiger partial charge on any atom is -0.493 e. The van der Waals surface area contributed by atoms with Crippen LogP contribution in [0, 0.1) is 0 Å². The Morgan fingerprint density at radius 3 is 2.79 bits per heavy atom. The molecule has 1 aliphatic carbocycles. The molecule has 0 atom stereocenters. The van der Waals surface area contributed by atoms with Crippen molar-refractivity contribution in [3.63, 3.8) is 0 Å². The molecule has 0 N–H and O–H groups in total. The Bertz CT molecular complexity index is 372. The minimum atomic E-state index is -0.0776. The summed E-state index contributed by atoms with van der Waals surface area (Å²) in [6.45, 7) is 1.49. The lowest BCUT2D eigenvalue weighted by atomic mass is 10.2. The van der Waals surface area contributed by atoms with Gasteiger partial charge in [-0.1, -0.05) is 0 Å². The molecule has 0 spiro atoms. The van der Waals surface area contributed by atoms with Gasteiger partial charge in [0, 0.05) is 12.8 Å². The number of carbonyl (C=O) groups is 1. The molecule has 0 saturated heterocycles. The van der Waals surface area contributed by atoms with Crippen molar-refractivity contribution in [1.82, 2.24) is 9.97 Å². The van der Waals surface area contributed by atoms with E-state index in [2.05, 4.69) is 9.97 Å². The third-order valence-electron chi connectivity index (χ3n) is 2.27. The van der Waals surface area contributed by atoms with Crippen LogP contribution in [0.2, 0.25) is 0 Å². The number of methoxy groups -OCH3 is 1. The van der Waals surface area contributed by atoms with E-state index in [0.29, 0.717) is 17.4 Å². The average Bonchev–Trinajstić information content (AvgIpc) is 3.00. The Morgan fingerprint density at radius 1 is 1.57 bits per heavy atom. The molecule has 1 saturated carbocycles. The number of aromatic nitrogens is 2. The molecule has 74 valence electrons. The van der Waals surface area contributed by atoms with Crippen molar-refractivity contribution >= 4 is 5.78 Å². The molecule has 1 fully saturated rings. The van der Waals surface area contributed by atoms with Gasteiger partial charge < -0.3 is 4.74 Å². The molecule has 0 radical (unpaired) electrons. The van der Waals surface area contributed by atoms with E-state index >= 15 is 0 Å². The molecule has 4 heteroatoms. The van der Waals surface area contributed by atoms with Gasteiger partial charge in [0.15, 0.2) is 17.2 Å².